The van der Waals surface area contributed by atoms with Crippen LogP contribution in [-0.2, 0) is 19.4 Å². The molecule has 0 radical (unpaired) electrons. The highest BCUT2D eigenvalue weighted by Crippen LogP contribution is 2.03. The fourth-order valence-corrected chi connectivity index (χ4v) is 1.97. The van der Waals surface area contributed by atoms with E-state index in [0.29, 0.717) is 0 Å². The highest BCUT2D eigenvalue weighted by atomic mass is 32.2. The van der Waals surface area contributed by atoms with E-state index < -0.39 is 21.8 Å². The van der Waals surface area contributed by atoms with Crippen LogP contribution in [0.1, 0.15) is 0 Å². The van der Waals surface area contributed by atoms with Gasteiger partial charge in [0.05, 0.1) is 12.9 Å². The largest absolute Gasteiger partial charge is 0.467 e. The van der Waals surface area contributed by atoms with Crippen LogP contribution in [0.2, 0.25) is 0 Å². The van der Waals surface area contributed by atoms with Crippen LogP contribution >= 0.6 is 0 Å². The van der Waals surface area contributed by atoms with Gasteiger partial charge in [0.1, 0.15) is 6.04 Å². The fourth-order valence-electron chi connectivity index (χ4n) is 0.873. The maximum Gasteiger partial charge on any atom is 0.329 e. The number of sulfone groups is 1. The van der Waals surface area contributed by atoms with E-state index in [9.17, 15) is 13.2 Å². The van der Waals surface area contributed by atoms with Crippen LogP contribution in [0, 0.1) is 0 Å². The number of carbonyl (C=O) groups is 1. The molecule has 1 N–H and O–H groups in total. The summed E-state index contributed by atoms with van der Waals surface area (Å²) in [6.45, 7) is 0. The van der Waals surface area contributed by atoms with E-state index in [1.165, 1.54) is 13.3 Å². The molecule has 0 saturated carbocycles. The Labute approximate surface area is 70.3 Å². The number of esters is 1. The van der Waals surface area contributed by atoms with E-state index in [1.807, 2.05) is 0 Å². The van der Waals surface area contributed by atoms with Crippen LogP contribution in [0.25, 0.3) is 0 Å². The number of methoxy groups -OCH3 is 1. The molecule has 0 aromatic carbocycles. The van der Waals surface area contributed by atoms with Gasteiger partial charge < -0.3 is 10.1 Å². The molecule has 68 valence electrons. The van der Waals surface area contributed by atoms with Crippen molar-refractivity contribution >= 4 is 15.8 Å². The van der Waals surface area contributed by atoms with E-state index in [2.05, 4.69) is 10.1 Å². The Bertz CT molecular complexity index is 306. The number of rotatable bonds is 1. The number of nitrogens with one attached hydrogen (secondary N) is 1. The van der Waals surface area contributed by atoms with Crippen molar-refractivity contribution in [3.05, 3.63) is 11.6 Å². The van der Waals surface area contributed by atoms with Crippen molar-refractivity contribution in [1.29, 1.82) is 0 Å². The first kappa shape index (κ1) is 9.05. The smallest absolute Gasteiger partial charge is 0.329 e. The first-order chi connectivity index (χ1) is 5.55. The Kier molecular flexibility index (Phi) is 2.37. The molecule has 1 unspecified atom stereocenters. The number of hydrogen-bond donors (Lipinski definition) is 1. The molecule has 0 fully saturated rings. The average molecular weight is 191 g/mol. The van der Waals surface area contributed by atoms with Crippen LogP contribution < -0.4 is 5.32 Å². The van der Waals surface area contributed by atoms with E-state index in [4.69, 9.17) is 0 Å². The van der Waals surface area contributed by atoms with Gasteiger partial charge >= 0.3 is 5.97 Å². The molecule has 1 rings (SSSR count). The Morgan fingerprint density at radius 1 is 1.67 bits per heavy atom. The minimum absolute atomic E-state index is 0.240. The minimum atomic E-state index is -3.23. The highest BCUT2D eigenvalue weighted by Gasteiger charge is 2.26. The topological polar surface area (TPSA) is 72.5 Å². The Morgan fingerprint density at radius 2 is 2.33 bits per heavy atom. The summed E-state index contributed by atoms with van der Waals surface area (Å²) in [5.41, 5.74) is 0. The van der Waals surface area contributed by atoms with Gasteiger partial charge in [-0.15, -0.1) is 0 Å². The molecule has 1 heterocycles. The standard InChI is InChI=1S/C6H9NO4S/c1-11-6(8)5-4-12(9,10)3-2-7-5/h2-3,5,7H,4H2,1H3. The zero-order chi connectivity index (χ0) is 9.19. The molecule has 5 nitrogen and oxygen atoms in total. The van der Waals surface area contributed by atoms with Gasteiger partial charge in [-0.3, -0.25) is 0 Å². The van der Waals surface area contributed by atoms with Crippen LogP contribution in [-0.4, -0.2) is 33.3 Å². The Balaban J connectivity index is 2.76. The lowest BCUT2D eigenvalue weighted by Gasteiger charge is -2.17. The second kappa shape index (κ2) is 3.14. The van der Waals surface area contributed by atoms with Crippen molar-refractivity contribution in [3.8, 4) is 0 Å². The summed E-state index contributed by atoms with van der Waals surface area (Å²) in [7, 11) is -2.01. The van der Waals surface area contributed by atoms with Gasteiger partial charge in [0.25, 0.3) is 0 Å². The predicted molar refractivity (Wildman–Crippen MR) is 41.9 cm³/mol. The van der Waals surface area contributed by atoms with E-state index >= 15 is 0 Å². The zero-order valence-corrected chi connectivity index (χ0v) is 7.30. The molecule has 1 aliphatic heterocycles. The molecule has 12 heavy (non-hydrogen) atoms. The quantitative estimate of drug-likeness (QED) is 0.539. The molecule has 0 aliphatic carbocycles. The van der Waals surface area contributed by atoms with Gasteiger partial charge in [0.15, 0.2) is 9.84 Å². The van der Waals surface area contributed by atoms with Crippen molar-refractivity contribution in [2.75, 3.05) is 12.9 Å². The summed E-state index contributed by atoms with van der Waals surface area (Å²) >= 11 is 0. The number of hydrogen-bond acceptors (Lipinski definition) is 5. The molecule has 1 aliphatic rings. The number of ether oxygens (including phenoxy) is 1. The lowest BCUT2D eigenvalue weighted by Crippen LogP contribution is -2.42. The van der Waals surface area contributed by atoms with Gasteiger partial charge in [-0.1, -0.05) is 0 Å². The SMILES string of the molecule is COC(=O)C1CS(=O)(=O)C=CN1. The van der Waals surface area contributed by atoms with Crippen molar-refractivity contribution in [1.82, 2.24) is 5.32 Å². The second-order valence-corrected chi connectivity index (χ2v) is 4.31. The van der Waals surface area contributed by atoms with Gasteiger partial charge in [-0.05, 0) is 0 Å². The molecule has 0 bridgehead atoms. The minimum Gasteiger partial charge on any atom is -0.467 e. The summed E-state index contributed by atoms with van der Waals surface area (Å²) in [5.74, 6) is -0.807. The molecule has 0 spiro atoms. The summed E-state index contributed by atoms with van der Waals surface area (Å²) in [6, 6.07) is -0.773. The highest BCUT2D eigenvalue weighted by molar-refractivity contribution is 7.94. The summed E-state index contributed by atoms with van der Waals surface area (Å²) in [4.78, 5) is 10.9. The molecule has 0 amide bonds. The van der Waals surface area contributed by atoms with Crippen LogP contribution in [0.5, 0.6) is 0 Å². The molecule has 0 aromatic heterocycles. The summed E-state index contributed by atoms with van der Waals surface area (Å²) in [5, 5.41) is 3.63. The van der Waals surface area contributed by atoms with E-state index in [0.717, 1.165) is 5.41 Å². The van der Waals surface area contributed by atoms with E-state index in [-0.39, 0.29) is 5.75 Å². The normalized spacial score (nSPS) is 25.9. The van der Waals surface area contributed by atoms with Gasteiger partial charge in [-0.25, -0.2) is 13.2 Å². The van der Waals surface area contributed by atoms with Crippen molar-refractivity contribution in [2.24, 2.45) is 0 Å². The zero-order valence-electron chi connectivity index (χ0n) is 6.48. The van der Waals surface area contributed by atoms with Gasteiger partial charge in [0.2, 0.25) is 0 Å². The molecular weight excluding hydrogens is 182 g/mol. The third-order valence-electron chi connectivity index (χ3n) is 1.46. The van der Waals surface area contributed by atoms with Gasteiger partial charge in [-0.2, -0.15) is 0 Å². The maximum atomic E-state index is 10.9. The second-order valence-electron chi connectivity index (χ2n) is 2.37. The molecule has 6 heteroatoms. The molecule has 0 aromatic rings. The van der Waals surface area contributed by atoms with Crippen molar-refractivity contribution in [3.63, 3.8) is 0 Å². The van der Waals surface area contributed by atoms with Crippen LogP contribution in [0.3, 0.4) is 0 Å². The summed E-state index contributed by atoms with van der Waals surface area (Å²) < 4.78 is 26.3. The predicted octanol–water partition coefficient (Wildman–Crippen LogP) is -0.983. The average Bonchev–Trinajstić information content (AvgIpc) is 2.01. The lowest BCUT2D eigenvalue weighted by molar-refractivity contribution is -0.142. The van der Waals surface area contributed by atoms with Crippen LogP contribution in [0.4, 0.5) is 0 Å². The van der Waals surface area contributed by atoms with E-state index in [1.54, 1.807) is 0 Å². The van der Waals surface area contributed by atoms with Crippen molar-refractivity contribution < 1.29 is 17.9 Å². The van der Waals surface area contributed by atoms with Gasteiger partial charge in [0, 0.05) is 11.6 Å². The lowest BCUT2D eigenvalue weighted by atomic mass is 10.3. The third-order valence-corrected chi connectivity index (χ3v) is 2.81. The fraction of sp³-hybridized carbons (Fsp3) is 0.500. The van der Waals surface area contributed by atoms with Crippen LogP contribution in [0.15, 0.2) is 11.6 Å². The molecule has 1 atom stereocenters. The Hall–Kier alpha value is -1.04. The third kappa shape index (κ3) is 1.97. The maximum absolute atomic E-state index is 10.9. The summed E-state index contributed by atoms with van der Waals surface area (Å²) in [6.07, 6.45) is 1.24. The first-order valence-electron chi connectivity index (χ1n) is 3.28. The first-order valence-corrected chi connectivity index (χ1v) is 5.00. The monoisotopic (exact) mass is 191 g/mol. The Morgan fingerprint density at radius 3 is 2.83 bits per heavy atom. The molecule has 0 saturated heterocycles. The number of carbonyl (C=O) groups excluding carboxylic acids is 1. The van der Waals surface area contributed by atoms with Crippen molar-refractivity contribution in [2.45, 2.75) is 6.04 Å². The molecular formula is C6H9NO4S.